The average molecular weight is 346 g/mol. The maximum atomic E-state index is 12.6. The number of carbonyl (C=O) groups excluding carboxylic acids is 1. The minimum absolute atomic E-state index is 0.117. The van der Waals surface area contributed by atoms with Crippen LogP contribution in [-0.2, 0) is 14.8 Å². The molecule has 0 aliphatic carbocycles. The average Bonchev–Trinajstić information content (AvgIpc) is 2.66. The second kappa shape index (κ2) is 6.88. The molecule has 1 amide bonds. The summed E-state index contributed by atoms with van der Waals surface area (Å²) in [4.78, 5) is 11.9. The zero-order chi connectivity index (χ0) is 18.0. The van der Waals surface area contributed by atoms with Crippen molar-refractivity contribution in [2.45, 2.75) is 58.1 Å². The molecule has 0 saturated carbocycles. The Balaban J connectivity index is 2.75. The Labute approximate surface area is 137 Å². The number of alkyl carbamates (subject to hydrolysis) is 1. The van der Waals surface area contributed by atoms with Gasteiger partial charge < -0.3 is 10.1 Å². The van der Waals surface area contributed by atoms with Crippen LogP contribution in [0.25, 0.3) is 0 Å². The van der Waals surface area contributed by atoms with E-state index < -0.39 is 27.8 Å². The zero-order valence-corrected chi connectivity index (χ0v) is 15.5. The lowest BCUT2D eigenvalue weighted by Crippen LogP contribution is -2.44. The van der Waals surface area contributed by atoms with Gasteiger partial charge in [-0.25, -0.2) is 13.2 Å². The number of aryl methyl sites for hydroxylation is 2. The summed E-state index contributed by atoms with van der Waals surface area (Å²) in [5.41, 5.74) is 0.302. The van der Waals surface area contributed by atoms with E-state index in [2.05, 4.69) is 15.5 Å². The molecular formula is C14H26N4O4S. The highest BCUT2D eigenvalue weighted by Gasteiger charge is 2.28. The smallest absolute Gasteiger partial charge is 0.407 e. The Morgan fingerprint density at radius 2 is 1.96 bits per heavy atom. The number of amides is 1. The first-order valence-electron chi connectivity index (χ1n) is 7.32. The summed E-state index contributed by atoms with van der Waals surface area (Å²) < 4.78 is 31.6. The first-order chi connectivity index (χ1) is 10.3. The number of sulfonamides is 1. The number of ether oxygens (including phenoxy) is 1. The fraction of sp³-hybridized carbons (Fsp3) is 0.714. The number of carbonyl (C=O) groups is 1. The fourth-order valence-corrected chi connectivity index (χ4v) is 3.70. The third-order valence-electron chi connectivity index (χ3n) is 3.02. The summed E-state index contributed by atoms with van der Waals surface area (Å²) in [7, 11) is -2.21. The van der Waals surface area contributed by atoms with E-state index in [1.807, 2.05) is 0 Å². The normalized spacial score (nSPS) is 13.9. The van der Waals surface area contributed by atoms with Crippen molar-refractivity contribution in [3.8, 4) is 0 Å². The maximum Gasteiger partial charge on any atom is 0.407 e. The van der Waals surface area contributed by atoms with Gasteiger partial charge in [-0.3, -0.25) is 5.10 Å². The molecule has 1 atom stereocenters. The summed E-state index contributed by atoms with van der Waals surface area (Å²) in [6.07, 6.45) is -0.577. The van der Waals surface area contributed by atoms with Crippen LogP contribution >= 0.6 is 0 Å². The molecule has 0 radical (unpaired) electrons. The SMILES string of the molecule is Cc1n[nH]c(C)c1S(=O)(=O)N(C)C[C@@H](C)NC(=O)OC(C)(C)C. The second-order valence-corrected chi connectivity index (χ2v) is 8.58. The molecule has 8 nitrogen and oxygen atoms in total. The molecule has 132 valence electrons. The van der Waals surface area contributed by atoms with Crippen LogP contribution in [0.5, 0.6) is 0 Å². The van der Waals surface area contributed by atoms with Crippen LogP contribution < -0.4 is 5.32 Å². The van der Waals surface area contributed by atoms with E-state index in [9.17, 15) is 13.2 Å². The number of hydrogen-bond donors (Lipinski definition) is 2. The molecule has 1 rings (SSSR count). The molecule has 0 aliphatic heterocycles. The van der Waals surface area contributed by atoms with Crippen molar-refractivity contribution in [3.05, 3.63) is 11.4 Å². The molecule has 0 spiro atoms. The van der Waals surface area contributed by atoms with Crippen LogP contribution in [0, 0.1) is 13.8 Å². The molecule has 9 heteroatoms. The van der Waals surface area contributed by atoms with Gasteiger partial charge in [-0.05, 0) is 41.5 Å². The number of aromatic nitrogens is 2. The second-order valence-electron chi connectivity index (χ2n) is 6.60. The quantitative estimate of drug-likeness (QED) is 0.842. The van der Waals surface area contributed by atoms with Crippen LogP contribution in [0.4, 0.5) is 4.79 Å². The first kappa shape index (κ1) is 19.4. The van der Waals surface area contributed by atoms with Gasteiger partial charge in [0.05, 0.1) is 11.4 Å². The van der Waals surface area contributed by atoms with Gasteiger partial charge in [-0.2, -0.15) is 9.40 Å². The molecule has 0 bridgehead atoms. The number of nitrogens with one attached hydrogen (secondary N) is 2. The molecule has 0 saturated heterocycles. The fourth-order valence-electron chi connectivity index (χ4n) is 2.11. The Bertz CT molecular complexity index is 641. The lowest BCUT2D eigenvalue weighted by atomic mass is 10.2. The van der Waals surface area contributed by atoms with E-state index in [1.165, 1.54) is 11.4 Å². The molecule has 0 fully saturated rings. The van der Waals surface area contributed by atoms with E-state index in [0.717, 1.165) is 0 Å². The van der Waals surface area contributed by atoms with Crippen molar-refractivity contribution in [2.75, 3.05) is 13.6 Å². The maximum absolute atomic E-state index is 12.6. The van der Waals surface area contributed by atoms with Gasteiger partial charge in [-0.1, -0.05) is 0 Å². The van der Waals surface area contributed by atoms with Crippen molar-refractivity contribution in [1.29, 1.82) is 0 Å². The van der Waals surface area contributed by atoms with E-state index in [-0.39, 0.29) is 11.4 Å². The van der Waals surface area contributed by atoms with Crippen LogP contribution in [0.15, 0.2) is 4.90 Å². The molecule has 23 heavy (non-hydrogen) atoms. The zero-order valence-electron chi connectivity index (χ0n) is 14.7. The molecule has 2 N–H and O–H groups in total. The summed E-state index contributed by atoms with van der Waals surface area (Å²) in [5, 5.41) is 9.20. The van der Waals surface area contributed by atoms with Crippen molar-refractivity contribution < 1.29 is 17.9 Å². The van der Waals surface area contributed by atoms with E-state index in [1.54, 1.807) is 41.5 Å². The Morgan fingerprint density at radius 1 is 1.39 bits per heavy atom. The minimum Gasteiger partial charge on any atom is -0.444 e. The standard InChI is InChI=1S/C14H26N4O4S/c1-9(15-13(19)22-14(4,5)6)8-18(7)23(20,21)12-10(2)16-17-11(12)3/h9H,8H2,1-7H3,(H,15,19)(H,16,17)/t9-/m1/s1. The monoisotopic (exact) mass is 346 g/mol. The van der Waals surface area contributed by atoms with Crippen LogP contribution in [0.1, 0.15) is 39.1 Å². The molecule has 1 heterocycles. The summed E-state index contributed by atoms with van der Waals surface area (Å²) in [6, 6.07) is -0.405. The van der Waals surface area contributed by atoms with Gasteiger partial charge in [0.2, 0.25) is 10.0 Å². The Kier molecular flexibility index (Phi) is 5.81. The lowest BCUT2D eigenvalue weighted by Gasteiger charge is -2.24. The molecule has 1 aromatic rings. The van der Waals surface area contributed by atoms with Gasteiger partial charge in [-0.15, -0.1) is 0 Å². The number of H-pyrrole nitrogens is 1. The van der Waals surface area contributed by atoms with Crippen molar-refractivity contribution >= 4 is 16.1 Å². The van der Waals surface area contributed by atoms with Gasteiger partial charge in [0.25, 0.3) is 0 Å². The molecule has 0 aliphatic rings. The van der Waals surface area contributed by atoms with E-state index >= 15 is 0 Å². The minimum atomic E-state index is -3.68. The third-order valence-corrected chi connectivity index (χ3v) is 5.11. The number of likely N-dealkylation sites (N-methyl/N-ethyl adjacent to an activating group) is 1. The summed E-state index contributed by atoms with van der Waals surface area (Å²) in [5.74, 6) is 0. The number of hydrogen-bond acceptors (Lipinski definition) is 5. The Morgan fingerprint density at radius 3 is 2.39 bits per heavy atom. The van der Waals surface area contributed by atoms with Crippen LogP contribution in [-0.4, -0.2) is 54.2 Å². The molecule has 0 aromatic carbocycles. The van der Waals surface area contributed by atoms with Crippen molar-refractivity contribution in [2.24, 2.45) is 0 Å². The molecule has 0 unspecified atom stereocenters. The first-order valence-corrected chi connectivity index (χ1v) is 8.76. The van der Waals surface area contributed by atoms with Crippen molar-refractivity contribution in [3.63, 3.8) is 0 Å². The van der Waals surface area contributed by atoms with E-state index in [4.69, 9.17) is 4.74 Å². The summed E-state index contributed by atoms with van der Waals surface area (Å²) in [6.45, 7) is 10.4. The summed E-state index contributed by atoms with van der Waals surface area (Å²) >= 11 is 0. The van der Waals surface area contributed by atoms with Crippen LogP contribution in [0.3, 0.4) is 0 Å². The third kappa shape index (κ3) is 5.21. The lowest BCUT2D eigenvalue weighted by molar-refractivity contribution is 0.0504. The predicted octanol–water partition coefficient (Wildman–Crippen LogP) is 1.56. The highest BCUT2D eigenvalue weighted by molar-refractivity contribution is 7.89. The van der Waals surface area contributed by atoms with Gasteiger partial charge in [0.15, 0.2) is 0 Å². The molecular weight excluding hydrogens is 320 g/mol. The van der Waals surface area contributed by atoms with Gasteiger partial charge >= 0.3 is 6.09 Å². The van der Waals surface area contributed by atoms with Crippen LogP contribution in [0.2, 0.25) is 0 Å². The topological polar surface area (TPSA) is 104 Å². The highest BCUT2D eigenvalue weighted by atomic mass is 32.2. The van der Waals surface area contributed by atoms with E-state index in [0.29, 0.717) is 11.4 Å². The largest absolute Gasteiger partial charge is 0.444 e. The van der Waals surface area contributed by atoms with Crippen molar-refractivity contribution in [1.82, 2.24) is 19.8 Å². The van der Waals surface area contributed by atoms with Gasteiger partial charge in [0.1, 0.15) is 10.5 Å². The number of rotatable bonds is 5. The predicted molar refractivity (Wildman–Crippen MR) is 86.7 cm³/mol. The number of nitrogens with zero attached hydrogens (tertiary/aromatic N) is 2. The molecule has 1 aromatic heterocycles. The Hall–Kier alpha value is -1.61. The number of aromatic amines is 1. The van der Waals surface area contributed by atoms with Gasteiger partial charge in [0, 0.05) is 19.6 Å². The highest BCUT2D eigenvalue weighted by Crippen LogP contribution is 2.20.